The number of nitrogens with one attached hydrogen (secondary N) is 2. The SMILES string of the molecule is CCNC(=NCC(C)(C)OC)NCCCC(=O)N1CCc2ccccc2C1. The minimum Gasteiger partial charge on any atom is -0.377 e. The zero-order valence-electron chi connectivity index (χ0n) is 17.2. The summed E-state index contributed by atoms with van der Waals surface area (Å²) in [6, 6.07) is 8.40. The number of guanidine groups is 1. The first kappa shape index (κ1) is 21.2. The summed E-state index contributed by atoms with van der Waals surface area (Å²) in [6.45, 7) is 9.70. The van der Waals surface area contributed by atoms with Gasteiger partial charge in [0, 0.05) is 39.7 Å². The van der Waals surface area contributed by atoms with Crippen molar-refractivity contribution in [1.82, 2.24) is 15.5 Å². The summed E-state index contributed by atoms with van der Waals surface area (Å²) in [5.74, 6) is 0.996. The van der Waals surface area contributed by atoms with Gasteiger partial charge in [0.05, 0.1) is 12.1 Å². The highest BCUT2D eigenvalue weighted by Crippen LogP contribution is 2.19. The summed E-state index contributed by atoms with van der Waals surface area (Å²) in [6.07, 6.45) is 2.29. The Labute approximate surface area is 163 Å². The predicted molar refractivity (Wildman–Crippen MR) is 110 cm³/mol. The number of hydrogen-bond acceptors (Lipinski definition) is 3. The highest BCUT2D eigenvalue weighted by atomic mass is 16.5. The molecule has 150 valence electrons. The van der Waals surface area contributed by atoms with E-state index in [1.54, 1.807) is 7.11 Å². The molecule has 0 atom stereocenters. The van der Waals surface area contributed by atoms with Gasteiger partial charge in [-0.1, -0.05) is 24.3 Å². The number of rotatable bonds is 8. The van der Waals surface area contributed by atoms with Crippen LogP contribution in [0.15, 0.2) is 29.3 Å². The van der Waals surface area contributed by atoms with E-state index in [2.05, 4.69) is 33.8 Å². The van der Waals surface area contributed by atoms with Gasteiger partial charge in [-0.05, 0) is 44.7 Å². The Balaban J connectivity index is 1.74. The van der Waals surface area contributed by atoms with Gasteiger partial charge in [0.15, 0.2) is 5.96 Å². The highest BCUT2D eigenvalue weighted by molar-refractivity contribution is 5.80. The molecule has 0 unspecified atom stereocenters. The average Bonchev–Trinajstić information content (AvgIpc) is 2.68. The summed E-state index contributed by atoms with van der Waals surface area (Å²) in [5.41, 5.74) is 2.36. The second-order valence-electron chi connectivity index (χ2n) is 7.52. The maximum Gasteiger partial charge on any atom is 0.222 e. The Morgan fingerprint density at radius 2 is 2.00 bits per heavy atom. The molecule has 1 amide bonds. The van der Waals surface area contributed by atoms with Crippen molar-refractivity contribution in [1.29, 1.82) is 0 Å². The lowest BCUT2D eigenvalue weighted by Gasteiger charge is -2.29. The summed E-state index contributed by atoms with van der Waals surface area (Å²) >= 11 is 0. The molecule has 0 saturated heterocycles. The number of ether oxygens (including phenoxy) is 1. The Morgan fingerprint density at radius 3 is 2.70 bits per heavy atom. The topological polar surface area (TPSA) is 66.0 Å². The molecule has 0 aromatic heterocycles. The smallest absolute Gasteiger partial charge is 0.222 e. The predicted octanol–water partition coefficient (Wildman–Crippen LogP) is 2.33. The molecule has 2 N–H and O–H groups in total. The van der Waals surface area contributed by atoms with Crippen molar-refractivity contribution in [2.75, 3.05) is 33.3 Å². The van der Waals surface area contributed by atoms with E-state index < -0.39 is 0 Å². The van der Waals surface area contributed by atoms with Crippen LogP contribution in [0.2, 0.25) is 0 Å². The van der Waals surface area contributed by atoms with Gasteiger partial charge in [-0.2, -0.15) is 0 Å². The lowest BCUT2D eigenvalue weighted by Crippen LogP contribution is -2.40. The largest absolute Gasteiger partial charge is 0.377 e. The standard InChI is InChI=1S/C21H34N4O2/c1-5-22-20(24-16-21(2,3)27-4)23-13-8-11-19(26)25-14-12-17-9-6-7-10-18(17)15-25/h6-7,9-10H,5,8,11-16H2,1-4H3,(H2,22,23,24). The molecule has 1 aromatic carbocycles. The van der Waals surface area contributed by atoms with E-state index in [0.717, 1.165) is 45.0 Å². The number of fused-ring (bicyclic) bond motifs is 1. The van der Waals surface area contributed by atoms with Crippen LogP contribution in [-0.2, 0) is 22.5 Å². The fraction of sp³-hybridized carbons (Fsp3) is 0.619. The maximum absolute atomic E-state index is 12.5. The molecular formula is C21H34N4O2. The van der Waals surface area contributed by atoms with Crippen molar-refractivity contribution in [3.63, 3.8) is 0 Å². The van der Waals surface area contributed by atoms with Crippen LogP contribution >= 0.6 is 0 Å². The molecule has 27 heavy (non-hydrogen) atoms. The van der Waals surface area contributed by atoms with Gasteiger partial charge < -0.3 is 20.3 Å². The fourth-order valence-corrected chi connectivity index (χ4v) is 2.99. The van der Waals surface area contributed by atoms with Crippen LogP contribution in [0, 0.1) is 0 Å². The number of carbonyl (C=O) groups excluding carboxylic acids is 1. The van der Waals surface area contributed by atoms with Crippen LogP contribution in [0.25, 0.3) is 0 Å². The zero-order chi connectivity index (χ0) is 19.7. The van der Waals surface area contributed by atoms with Crippen LogP contribution in [-0.4, -0.2) is 55.7 Å². The van der Waals surface area contributed by atoms with E-state index in [1.807, 2.05) is 31.7 Å². The van der Waals surface area contributed by atoms with Gasteiger partial charge in [0.2, 0.25) is 5.91 Å². The normalized spacial score (nSPS) is 14.7. The van der Waals surface area contributed by atoms with Crippen molar-refractivity contribution in [3.8, 4) is 0 Å². The van der Waals surface area contributed by atoms with Gasteiger partial charge in [0.1, 0.15) is 0 Å². The van der Waals surface area contributed by atoms with Gasteiger partial charge >= 0.3 is 0 Å². The fourth-order valence-electron chi connectivity index (χ4n) is 2.99. The van der Waals surface area contributed by atoms with E-state index in [-0.39, 0.29) is 11.5 Å². The minimum atomic E-state index is -0.289. The molecule has 1 heterocycles. The third-order valence-electron chi connectivity index (χ3n) is 4.86. The molecule has 0 saturated carbocycles. The third-order valence-corrected chi connectivity index (χ3v) is 4.86. The highest BCUT2D eigenvalue weighted by Gasteiger charge is 2.20. The molecule has 1 aliphatic heterocycles. The Bertz CT molecular complexity index is 643. The first-order chi connectivity index (χ1) is 12.9. The number of methoxy groups -OCH3 is 1. The second-order valence-corrected chi connectivity index (χ2v) is 7.52. The molecule has 6 nitrogen and oxygen atoms in total. The average molecular weight is 375 g/mol. The zero-order valence-corrected chi connectivity index (χ0v) is 17.2. The summed E-state index contributed by atoms with van der Waals surface area (Å²) in [5, 5.41) is 6.53. The number of amides is 1. The van der Waals surface area contributed by atoms with Gasteiger partial charge in [-0.15, -0.1) is 0 Å². The number of benzene rings is 1. The van der Waals surface area contributed by atoms with Crippen molar-refractivity contribution in [2.24, 2.45) is 4.99 Å². The van der Waals surface area contributed by atoms with Crippen molar-refractivity contribution >= 4 is 11.9 Å². The summed E-state index contributed by atoms with van der Waals surface area (Å²) < 4.78 is 5.40. The molecule has 0 fully saturated rings. The van der Waals surface area contributed by atoms with E-state index >= 15 is 0 Å². The van der Waals surface area contributed by atoms with E-state index in [1.165, 1.54) is 11.1 Å². The van der Waals surface area contributed by atoms with Crippen LogP contribution in [0.3, 0.4) is 0 Å². The number of hydrogen-bond donors (Lipinski definition) is 2. The Kier molecular flexibility index (Phi) is 8.10. The van der Waals surface area contributed by atoms with Crippen LogP contribution < -0.4 is 10.6 Å². The Morgan fingerprint density at radius 1 is 1.26 bits per heavy atom. The molecular weight excluding hydrogens is 340 g/mol. The Hall–Kier alpha value is -2.08. The van der Waals surface area contributed by atoms with Crippen molar-refractivity contribution < 1.29 is 9.53 Å². The van der Waals surface area contributed by atoms with E-state index in [4.69, 9.17) is 4.74 Å². The van der Waals surface area contributed by atoms with Crippen LogP contribution in [0.4, 0.5) is 0 Å². The minimum absolute atomic E-state index is 0.230. The molecule has 6 heteroatoms. The van der Waals surface area contributed by atoms with Gasteiger partial charge in [-0.3, -0.25) is 9.79 Å². The molecule has 0 aliphatic carbocycles. The summed E-state index contributed by atoms with van der Waals surface area (Å²) in [7, 11) is 1.69. The van der Waals surface area contributed by atoms with Gasteiger partial charge in [0.25, 0.3) is 0 Å². The van der Waals surface area contributed by atoms with Crippen molar-refractivity contribution in [2.45, 2.75) is 52.2 Å². The first-order valence-electron chi connectivity index (χ1n) is 9.87. The van der Waals surface area contributed by atoms with Crippen LogP contribution in [0.5, 0.6) is 0 Å². The van der Waals surface area contributed by atoms with E-state index in [9.17, 15) is 4.79 Å². The number of carbonyl (C=O) groups is 1. The third kappa shape index (κ3) is 6.86. The second kappa shape index (κ2) is 10.3. The van der Waals surface area contributed by atoms with Gasteiger partial charge in [-0.25, -0.2) is 0 Å². The van der Waals surface area contributed by atoms with Crippen LogP contribution in [0.1, 0.15) is 44.7 Å². The molecule has 0 radical (unpaired) electrons. The molecule has 0 bridgehead atoms. The molecule has 1 aromatic rings. The first-order valence-corrected chi connectivity index (χ1v) is 9.87. The number of nitrogens with zero attached hydrogens (tertiary/aromatic N) is 2. The van der Waals surface area contributed by atoms with E-state index in [0.29, 0.717) is 13.0 Å². The molecule has 1 aliphatic rings. The lowest BCUT2D eigenvalue weighted by atomic mass is 9.99. The number of aliphatic imine (C=N–C) groups is 1. The van der Waals surface area contributed by atoms with Crippen molar-refractivity contribution in [3.05, 3.63) is 35.4 Å². The molecule has 0 spiro atoms. The lowest BCUT2D eigenvalue weighted by molar-refractivity contribution is -0.132. The monoisotopic (exact) mass is 374 g/mol. The maximum atomic E-state index is 12.5. The molecule has 2 rings (SSSR count). The summed E-state index contributed by atoms with van der Waals surface area (Å²) in [4.78, 5) is 19.0. The quantitative estimate of drug-likeness (QED) is 0.416.